The Balaban J connectivity index is 2.28. The van der Waals surface area contributed by atoms with E-state index in [2.05, 4.69) is 22.0 Å². The summed E-state index contributed by atoms with van der Waals surface area (Å²) in [5.74, 6) is 1.87. The minimum Gasteiger partial charge on any atom is -0.384 e. The predicted molar refractivity (Wildman–Crippen MR) is 67.2 cm³/mol. The third kappa shape index (κ3) is 2.27. The zero-order valence-electron chi connectivity index (χ0n) is 9.18. The quantitative estimate of drug-likeness (QED) is 0.585. The van der Waals surface area contributed by atoms with Gasteiger partial charge in [0.05, 0.1) is 11.8 Å². The van der Waals surface area contributed by atoms with Gasteiger partial charge in [0.15, 0.2) is 5.82 Å². The molecule has 3 N–H and O–H groups in total. The second-order valence-electron chi connectivity index (χ2n) is 3.81. The van der Waals surface area contributed by atoms with Gasteiger partial charge in [0.2, 0.25) is 0 Å². The zero-order valence-corrected chi connectivity index (χ0v) is 10.00. The van der Waals surface area contributed by atoms with Gasteiger partial charge in [-0.05, 0) is 6.07 Å². The lowest BCUT2D eigenvalue weighted by molar-refractivity contribution is 0.758. The number of rotatable bonds is 2. The van der Waals surface area contributed by atoms with Crippen molar-refractivity contribution in [3.63, 3.8) is 0 Å². The van der Waals surface area contributed by atoms with E-state index >= 15 is 0 Å². The highest BCUT2D eigenvalue weighted by Gasteiger charge is 2.21. The highest BCUT2D eigenvalue weighted by atomic mass is 32.2. The van der Waals surface area contributed by atoms with Crippen molar-refractivity contribution in [3.8, 4) is 0 Å². The average Bonchev–Trinajstić information content (AvgIpc) is 2.29. The topological polar surface area (TPSA) is 78.9 Å². The molecule has 16 heavy (non-hydrogen) atoms. The van der Waals surface area contributed by atoms with Gasteiger partial charge in [-0.1, -0.05) is 6.92 Å². The first-order chi connectivity index (χ1) is 7.68. The van der Waals surface area contributed by atoms with Crippen LogP contribution in [-0.4, -0.2) is 40.1 Å². The number of nitrogens with zero attached hydrogens (tertiary/aromatic N) is 3. The summed E-state index contributed by atoms with van der Waals surface area (Å²) in [7, 11) is 0. The molecule has 0 amide bonds. The van der Waals surface area contributed by atoms with Gasteiger partial charge >= 0.3 is 0 Å². The number of amidine groups is 1. The van der Waals surface area contributed by atoms with E-state index in [9.17, 15) is 0 Å². The first kappa shape index (κ1) is 11.2. The van der Waals surface area contributed by atoms with Crippen LogP contribution in [0.1, 0.15) is 12.5 Å². The molecule has 0 aliphatic carbocycles. The van der Waals surface area contributed by atoms with Gasteiger partial charge in [0, 0.05) is 24.1 Å². The Hall–Kier alpha value is -1.30. The van der Waals surface area contributed by atoms with Crippen LogP contribution in [0.4, 0.5) is 5.82 Å². The Morgan fingerprint density at radius 2 is 2.50 bits per heavy atom. The van der Waals surface area contributed by atoms with Gasteiger partial charge in [0.25, 0.3) is 0 Å². The molecule has 1 aromatic rings. The second-order valence-corrected chi connectivity index (χ2v) is 5.36. The van der Waals surface area contributed by atoms with Crippen molar-refractivity contribution in [1.29, 1.82) is 5.41 Å². The van der Waals surface area contributed by atoms with Crippen molar-refractivity contribution in [1.82, 2.24) is 10.2 Å². The van der Waals surface area contributed by atoms with Gasteiger partial charge in [-0.2, -0.15) is 16.9 Å². The van der Waals surface area contributed by atoms with Crippen LogP contribution in [-0.2, 0) is 0 Å². The molecule has 1 fully saturated rings. The molecule has 1 aromatic heterocycles. The molecule has 0 bridgehead atoms. The maximum absolute atomic E-state index is 7.52. The lowest BCUT2D eigenvalue weighted by atomic mass is 10.2. The summed E-state index contributed by atoms with van der Waals surface area (Å²) in [6.07, 6.45) is 1.57. The third-order valence-corrected chi connectivity index (χ3v) is 3.67. The van der Waals surface area contributed by atoms with Crippen LogP contribution >= 0.6 is 11.8 Å². The average molecular weight is 237 g/mol. The standard InChI is InChI=1S/C10H15N5S/c1-7-6-15(4-5-16-7)10-8(9(11)12)2-3-13-14-10/h2-3,7H,4-6H2,1H3,(H3,11,12). The molecule has 0 spiro atoms. The highest BCUT2D eigenvalue weighted by Crippen LogP contribution is 2.24. The van der Waals surface area contributed by atoms with Crippen molar-refractivity contribution in [2.75, 3.05) is 23.7 Å². The summed E-state index contributed by atoms with van der Waals surface area (Å²) in [5.41, 5.74) is 6.21. The first-order valence-electron chi connectivity index (χ1n) is 5.21. The Kier molecular flexibility index (Phi) is 3.28. The van der Waals surface area contributed by atoms with Crippen molar-refractivity contribution in [2.24, 2.45) is 5.73 Å². The van der Waals surface area contributed by atoms with Crippen LogP contribution in [0.15, 0.2) is 12.3 Å². The van der Waals surface area contributed by atoms with Gasteiger partial charge in [-0.3, -0.25) is 5.41 Å². The molecule has 2 heterocycles. The van der Waals surface area contributed by atoms with Crippen LogP contribution < -0.4 is 10.6 Å². The zero-order chi connectivity index (χ0) is 11.5. The lowest BCUT2D eigenvalue weighted by Gasteiger charge is -2.32. The fraction of sp³-hybridized carbons (Fsp3) is 0.500. The third-order valence-electron chi connectivity index (χ3n) is 2.53. The molecule has 6 heteroatoms. The van der Waals surface area contributed by atoms with Gasteiger partial charge in [-0.15, -0.1) is 5.10 Å². The van der Waals surface area contributed by atoms with Crippen LogP contribution in [0.3, 0.4) is 0 Å². The molecule has 1 unspecified atom stereocenters. The van der Waals surface area contributed by atoms with Crippen molar-refractivity contribution in [3.05, 3.63) is 17.8 Å². The van der Waals surface area contributed by atoms with Crippen molar-refractivity contribution in [2.45, 2.75) is 12.2 Å². The molecule has 1 saturated heterocycles. The van der Waals surface area contributed by atoms with Crippen molar-refractivity contribution < 1.29 is 0 Å². The summed E-state index contributed by atoms with van der Waals surface area (Å²) >= 11 is 1.96. The largest absolute Gasteiger partial charge is 0.384 e. The van der Waals surface area contributed by atoms with Crippen LogP contribution in [0.25, 0.3) is 0 Å². The molecule has 86 valence electrons. The number of aromatic nitrogens is 2. The van der Waals surface area contributed by atoms with Gasteiger partial charge in [0.1, 0.15) is 5.84 Å². The lowest BCUT2D eigenvalue weighted by Crippen LogP contribution is -2.38. The van der Waals surface area contributed by atoms with E-state index in [-0.39, 0.29) is 5.84 Å². The maximum Gasteiger partial charge on any atom is 0.162 e. The van der Waals surface area contributed by atoms with Crippen molar-refractivity contribution >= 4 is 23.4 Å². The molecule has 1 atom stereocenters. The molecule has 1 aliphatic rings. The SMILES string of the molecule is CC1CN(c2nnccc2C(=N)N)CCS1. The number of nitrogen functional groups attached to an aromatic ring is 1. The fourth-order valence-corrected chi connectivity index (χ4v) is 2.79. The summed E-state index contributed by atoms with van der Waals surface area (Å²) in [6, 6.07) is 1.75. The summed E-state index contributed by atoms with van der Waals surface area (Å²) in [5, 5.41) is 16.1. The predicted octanol–water partition coefficient (Wildman–Crippen LogP) is 0.702. The summed E-state index contributed by atoms with van der Waals surface area (Å²) in [4.78, 5) is 2.16. The molecule has 2 rings (SSSR count). The van der Waals surface area contributed by atoms with E-state index in [1.807, 2.05) is 11.8 Å². The van der Waals surface area contributed by atoms with Crippen LogP contribution in [0.5, 0.6) is 0 Å². The van der Waals surface area contributed by atoms with E-state index in [0.29, 0.717) is 10.8 Å². The van der Waals surface area contributed by atoms with Gasteiger partial charge in [-0.25, -0.2) is 0 Å². The first-order valence-corrected chi connectivity index (χ1v) is 6.26. The minimum absolute atomic E-state index is 0.0516. The molecule has 0 saturated carbocycles. The summed E-state index contributed by atoms with van der Waals surface area (Å²) < 4.78 is 0. The number of hydrogen-bond donors (Lipinski definition) is 2. The molecular weight excluding hydrogens is 222 g/mol. The fourth-order valence-electron chi connectivity index (χ4n) is 1.78. The Morgan fingerprint density at radius 1 is 1.69 bits per heavy atom. The molecule has 1 aliphatic heterocycles. The number of anilines is 1. The monoisotopic (exact) mass is 237 g/mol. The Bertz CT molecular complexity index is 395. The highest BCUT2D eigenvalue weighted by molar-refractivity contribution is 8.00. The Labute approximate surface area is 98.9 Å². The van der Waals surface area contributed by atoms with E-state index in [1.54, 1.807) is 12.3 Å². The van der Waals surface area contributed by atoms with Crippen LogP contribution in [0.2, 0.25) is 0 Å². The van der Waals surface area contributed by atoms with Gasteiger partial charge < -0.3 is 10.6 Å². The van der Waals surface area contributed by atoms with E-state index in [1.165, 1.54) is 0 Å². The molecular formula is C10H15N5S. The smallest absolute Gasteiger partial charge is 0.162 e. The Morgan fingerprint density at radius 3 is 3.19 bits per heavy atom. The molecule has 0 radical (unpaired) electrons. The van der Waals surface area contributed by atoms with E-state index in [0.717, 1.165) is 24.7 Å². The number of hydrogen-bond acceptors (Lipinski definition) is 5. The van der Waals surface area contributed by atoms with E-state index in [4.69, 9.17) is 11.1 Å². The minimum atomic E-state index is 0.0516. The number of nitrogens with one attached hydrogen (secondary N) is 1. The second kappa shape index (κ2) is 4.69. The van der Waals surface area contributed by atoms with E-state index < -0.39 is 0 Å². The maximum atomic E-state index is 7.52. The van der Waals surface area contributed by atoms with Crippen LogP contribution in [0, 0.1) is 5.41 Å². The molecule has 0 aromatic carbocycles. The normalized spacial score (nSPS) is 20.8. The summed E-state index contributed by atoms with van der Waals surface area (Å²) in [6.45, 7) is 4.07. The molecule has 5 nitrogen and oxygen atoms in total. The number of nitrogens with two attached hydrogens (primary N) is 1. The number of thioether (sulfide) groups is 1.